The molecule has 0 aliphatic heterocycles. The molecule has 1 fully saturated rings. The summed E-state index contributed by atoms with van der Waals surface area (Å²) in [4.78, 5) is 1.33. The molecular formula is C16H22N2S. The summed E-state index contributed by atoms with van der Waals surface area (Å²) < 4.78 is 0. The Kier molecular flexibility index (Phi) is 5.30. The molecule has 0 atom stereocenters. The highest BCUT2D eigenvalue weighted by molar-refractivity contribution is 7.99. The number of rotatable bonds is 8. The molecule has 19 heavy (non-hydrogen) atoms. The maximum Gasteiger partial charge on any atom is 0.0627 e. The van der Waals surface area contributed by atoms with Crippen LogP contribution in [0.15, 0.2) is 29.2 Å². The van der Waals surface area contributed by atoms with Gasteiger partial charge in [-0.2, -0.15) is 5.26 Å². The van der Waals surface area contributed by atoms with Crippen molar-refractivity contribution in [3.63, 3.8) is 0 Å². The van der Waals surface area contributed by atoms with Crippen LogP contribution in [0.3, 0.4) is 0 Å². The first-order chi connectivity index (χ1) is 9.28. The van der Waals surface area contributed by atoms with Crippen LogP contribution in [0.25, 0.3) is 0 Å². The molecule has 0 amide bonds. The first kappa shape index (κ1) is 14.4. The van der Waals surface area contributed by atoms with Crippen molar-refractivity contribution in [2.75, 3.05) is 12.3 Å². The summed E-state index contributed by atoms with van der Waals surface area (Å²) in [6.07, 6.45) is 4.35. The molecule has 2 nitrogen and oxygen atoms in total. The van der Waals surface area contributed by atoms with Crippen molar-refractivity contribution in [3.05, 3.63) is 29.8 Å². The van der Waals surface area contributed by atoms with E-state index in [9.17, 15) is 0 Å². The zero-order chi connectivity index (χ0) is 13.6. The standard InChI is InChI=1S/C16H22N2S/c1-2-10-18-12-14-4-3-5-15(11-14)19-13-16(6-7-16)8-9-17/h3-5,11,18H,2,6-8,10,12-13H2,1H3. The number of nitrogens with zero attached hydrogens (tertiary/aromatic N) is 1. The zero-order valence-electron chi connectivity index (χ0n) is 11.6. The van der Waals surface area contributed by atoms with Gasteiger partial charge in [-0.05, 0) is 48.9 Å². The molecule has 1 aliphatic rings. The molecule has 0 aromatic heterocycles. The van der Waals surface area contributed by atoms with Gasteiger partial charge in [0.25, 0.3) is 0 Å². The van der Waals surface area contributed by atoms with Crippen LogP contribution in [0.5, 0.6) is 0 Å². The molecule has 1 aromatic rings. The second kappa shape index (κ2) is 6.98. The van der Waals surface area contributed by atoms with Crippen molar-refractivity contribution >= 4 is 11.8 Å². The predicted octanol–water partition coefficient (Wildman–Crippen LogP) is 3.97. The molecular weight excluding hydrogens is 252 g/mol. The number of thioether (sulfide) groups is 1. The summed E-state index contributed by atoms with van der Waals surface area (Å²) >= 11 is 1.90. The van der Waals surface area contributed by atoms with Crippen molar-refractivity contribution in [1.29, 1.82) is 5.26 Å². The van der Waals surface area contributed by atoms with Gasteiger partial charge in [0.1, 0.15) is 0 Å². The quantitative estimate of drug-likeness (QED) is 0.575. The molecule has 102 valence electrons. The van der Waals surface area contributed by atoms with Crippen molar-refractivity contribution in [2.45, 2.75) is 44.0 Å². The van der Waals surface area contributed by atoms with E-state index in [2.05, 4.69) is 42.6 Å². The molecule has 2 rings (SSSR count). The topological polar surface area (TPSA) is 35.8 Å². The summed E-state index contributed by atoms with van der Waals surface area (Å²) in [5, 5.41) is 12.3. The smallest absolute Gasteiger partial charge is 0.0627 e. The fraction of sp³-hybridized carbons (Fsp3) is 0.562. The van der Waals surface area contributed by atoms with Gasteiger partial charge in [0.15, 0.2) is 0 Å². The highest BCUT2D eigenvalue weighted by Gasteiger charge is 2.42. The number of nitriles is 1. The summed E-state index contributed by atoms with van der Waals surface area (Å²) in [7, 11) is 0. The SMILES string of the molecule is CCCNCc1cccc(SCC2(CC#N)CC2)c1. The van der Waals surface area contributed by atoms with Gasteiger partial charge in [-0.3, -0.25) is 0 Å². The van der Waals surface area contributed by atoms with E-state index in [1.54, 1.807) is 0 Å². The van der Waals surface area contributed by atoms with Gasteiger partial charge in [-0.1, -0.05) is 19.1 Å². The largest absolute Gasteiger partial charge is 0.313 e. The predicted molar refractivity (Wildman–Crippen MR) is 81.1 cm³/mol. The van der Waals surface area contributed by atoms with Crippen molar-refractivity contribution in [1.82, 2.24) is 5.32 Å². The van der Waals surface area contributed by atoms with Crippen LogP contribution in [0.4, 0.5) is 0 Å². The van der Waals surface area contributed by atoms with Crippen molar-refractivity contribution in [3.8, 4) is 6.07 Å². The minimum Gasteiger partial charge on any atom is -0.313 e. The Hall–Kier alpha value is -0.980. The van der Waals surface area contributed by atoms with E-state index in [0.29, 0.717) is 5.41 Å². The van der Waals surface area contributed by atoms with E-state index < -0.39 is 0 Å². The fourth-order valence-electron chi connectivity index (χ4n) is 2.11. The summed E-state index contributed by atoms with van der Waals surface area (Å²) in [5.74, 6) is 1.09. The van der Waals surface area contributed by atoms with E-state index in [1.165, 1.54) is 29.7 Å². The Bertz CT molecular complexity index is 446. The minimum atomic E-state index is 0.329. The third-order valence-electron chi connectivity index (χ3n) is 3.61. The summed E-state index contributed by atoms with van der Waals surface area (Å²) in [6, 6.07) is 11.1. The van der Waals surface area contributed by atoms with Crippen LogP contribution in [0.2, 0.25) is 0 Å². The lowest BCUT2D eigenvalue weighted by molar-refractivity contribution is 0.604. The number of nitrogens with one attached hydrogen (secondary N) is 1. The fourth-order valence-corrected chi connectivity index (χ4v) is 3.38. The molecule has 1 saturated carbocycles. The third-order valence-corrected chi connectivity index (χ3v) is 4.95. The van der Waals surface area contributed by atoms with E-state index in [-0.39, 0.29) is 0 Å². The van der Waals surface area contributed by atoms with Gasteiger partial charge < -0.3 is 5.32 Å². The molecule has 1 N–H and O–H groups in total. The molecule has 0 radical (unpaired) electrons. The lowest BCUT2D eigenvalue weighted by atomic mass is 10.1. The molecule has 0 unspecified atom stereocenters. The summed E-state index contributed by atoms with van der Waals surface area (Å²) in [6.45, 7) is 4.21. The Morgan fingerprint density at radius 2 is 2.26 bits per heavy atom. The maximum atomic E-state index is 8.84. The average Bonchev–Trinajstić information content (AvgIpc) is 3.18. The van der Waals surface area contributed by atoms with Crippen molar-refractivity contribution < 1.29 is 0 Å². The van der Waals surface area contributed by atoms with E-state index >= 15 is 0 Å². The normalized spacial score (nSPS) is 16.0. The average molecular weight is 274 g/mol. The molecule has 1 aromatic carbocycles. The Morgan fingerprint density at radius 3 is 2.95 bits per heavy atom. The van der Waals surface area contributed by atoms with Crippen LogP contribution in [0.1, 0.15) is 38.2 Å². The second-order valence-corrected chi connectivity index (χ2v) is 6.50. The maximum absolute atomic E-state index is 8.84. The molecule has 0 spiro atoms. The monoisotopic (exact) mass is 274 g/mol. The highest BCUT2D eigenvalue weighted by atomic mass is 32.2. The van der Waals surface area contributed by atoms with Gasteiger partial charge in [0.2, 0.25) is 0 Å². The molecule has 1 aliphatic carbocycles. The molecule has 3 heteroatoms. The number of hydrogen-bond donors (Lipinski definition) is 1. The van der Waals surface area contributed by atoms with Crippen LogP contribution >= 0.6 is 11.8 Å². The number of benzene rings is 1. The molecule has 0 bridgehead atoms. The van der Waals surface area contributed by atoms with Gasteiger partial charge in [-0.25, -0.2) is 0 Å². The first-order valence-electron chi connectivity index (χ1n) is 7.07. The van der Waals surface area contributed by atoms with E-state index in [0.717, 1.165) is 25.3 Å². The lowest BCUT2D eigenvalue weighted by Crippen LogP contribution is -2.13. The zero-order valence-corrected chi connectivity index (χ0v) is 12.4. The van der Waals surface area contributed by atoms with Gasteiger partial charge in [-0.15, -0.1) is 11.8 Å². The lowest BCUT2D eigenvalue weighted by Gasteiger charge is -2.11. The molecule has 0 saturated heterocycles. The van der Waals surface area contributed by atoms with Crippen LogP contribution in [-0.4, -0.2) is 12.3 Å². The molecule has 0 heterocycles. The minimum absolute atomic E-state index is 0.329. The first-order valence-corrected chi connectivity index (χ1v) is 8.06. The third kappa shape index (κ3) is 4.56. The van der Waals surface area contributed by atoms with Crippen molar-refractivity contribution in [2.24, 2.45) is 5.41 Å². The highest BCUT2D eigenvalue weighted by Crippen LogP contribution is 2.51. The Morgan fingerprint density at radius 1 is 1.42 bits per heavy atom. The van der Waals surface area contributed by atoms with Crippen LogP contribution in [-0.2, 0) is 6.54 Å². The van der Waals surface area contributed by atoms with Gasteiger partial charge >= 0.3 is 0 Å². The second-order valence-electron chi connectivity index (χ2n) is 5.45. The van der Waals surface area contributed by atoms with E-state index in [4.69, 9.17) is 5.26 Å². The number of hydrogen-bond acceptors (Lipinski definition) is 3. The van der Waals surface area contributed by atoms with Gasteiger partial charge in [0, 0.05) is 23.6 Å². The van der Waals surface area contributed by atoms with Gasteiger partial charge in [0.05, 0.1) is 6.07 Å². The van der Waals surface area contributed by atoms with E-state index in [1.807, 2.05) is 11.8 Å². The Balaban J connectivity index is 1.83. The van der Waals surface area contributed by atoms with Crippen LogP contribution < -0.4 is 5.32 Å². The summed E-state index contributed by atoms with van der Waals surface area (Å²) in [5.41, 5.74) is 1.68. The van der Waals surface area contributed by atoms with Crippen LogP contribution in [0, 0.1) is 16.7 Å². The Labute approximate surface area is 120 Å².